The molecule has 0 aliphatic carbocycles. The summed E-state index contributed by atoms with van der Waals surface area (Å²) < 4.78 is 0. The Labute approximate surface area is 106 Å². The molecule has 0 bridgehead atoms. The van der Waals surface area contributed by atoms with E-state index in [2.05, 4.69) is 57.3 Å². The molecule has 0 spiro atoms. The van der Waals surface area contributed by atoms with Gasteiger partial charge >= 0.3 is 0 Å². The van der Waals surface area contributed by atoms with Gasteiger partial charge in [0.25, 0.3) is 0 Å². The van der Waals surface area contributed by atoms with Crippen molar-refractivity contribution in [3.8, 4) is 0 Å². The van der Waals surface area contributed by atoms with Crippen LogP contribution in [0.25, 0.3) is 0 Å². The zero-order valence-corrected chi connectivity index (χ0v) is 11.5. The third-order valence-corrected chi connectivity index (χ3v) is 3.59. The maximum Gasteiger partial charge on any atom is 0.0294 e. The number of nitrogens with two attached hydrogens (primary N) is 1. The van der Waals surface area contributed by atoms with Crippen LogP contribution in [0.15, 0.2) is 24.3 Å². The van der Waals surface area contributed by atoms with E-state index < -0.39 is 0 Å². The Morgan fingerprint density at radius 2 is 1.82 bits per heavy atom. The predicted octanol–water partition coefficient (Wildman–Crippen LogP) is 2.88. The van der Waals surface area contributed by atoms with Gasteiger partial charge in [0, 0.05) is 6.04 Å². The van der Waals surface area contributed by atoms with Crippen LogP contribution in [0.3, 0.4) is 0 Å². The first-order chi connectivity index (χ1) is 8.06. The minimum atomic E-state index is 0.393. The first-order valence-corrected chi connectivity index (χ1v) is 6.55. The Hall–Kier alpha value is -0.860. The topological polar surface area (TPSA) is 38.0 Å². The van der Waals surface area contributed by atoms with E-state index in [0.717, 1.165) is 13.1 Å². The summed E-state index contributed by atoms with van der Waals surface area (Å²) in [5, 5.41) is 3.59. The Balaban J connectivity index is 2.55. The fourth-order valence-electron chi connectivity index (χ4n) is 2.10. The van der Waals surface area contributed by atoms with Crippen LogP contribution in [0.4, 0.5) is 0 Å². The van der Waals surface area contributed by atoms with E-state index in [9.17, 15) is 0 Å². The van der Waals surface area contributed by atoms with Gasteiger partial charge in [0.05, 0.1) is 0 Å². The molecule has 0 aromatic heterocycles. The van der Waals surface area contributed by atoms with Gasteiger partial charge in [-0.1, -0.05) is 38.1 Å². The average Bonchev–Trinajstić information content (AvgIpc) is 2.29. The molecule has 2 heteroatoms. The van der Waals surface area contributed by atoms with Crippen LogP contribution in [-0.2, 0) is 0 Å². The molecular formula is C15H26N2. The monoisotopic (exact) mass is 234 g/mol. The van der Waals surface area contributed by atoms with Gasteiger partial charge < -0.3 is 11.1 Å². The van der Waals surface area contributed by atoms with Crippen LogP contribution in [-0.4, -0.2) is 13.1 Å². The lowest BCUT2D eigenvalue weighted by Crippen LogP contribution is -2.33. The Morgan fingerprint density at radius 3 is 2.35 bits per heavy atom. The van der Waals surface area contributed by atoms with Gasteiger partial charge in [-0.2, -0.15) is 0 Å². The number of aryl methyl sites for hydroxylation is 1. The van der Waals surface area contributed by atoms with Crippen LogP contribution in [0.1, 0.15) is 37.9 Å². The molecule has 17 heavy (non-hydrogen) atoms. The molecule has 0 amide bonds. The highest BCUT2D eigenvalue weighted by molar-refractivity contribution is 5.28. The standard InChI is InChI=1S/C15H26N2/c1-11(2)14(9-16)10-17-13(4)15-8-6-5-7-12(15)3/h5-8,11,13-14,17H,9-10,16H2,1-4H3/t13-,14?/m0/s1. The smallest absolute Gasteiger partial charge is 0.0294 e. The first kappa shape index (κ1) is 14.2. The number of benzene rings is 1. The van der Waals surface area contributed by atoms with E-state index in [1.165, 1.54) is 11.1 Å². The fourth-order valence-corrected chi connectivity index (χ4v) is 2.10. The van der Waals surface area contributed by atoms with Gasteiger partial charge in [0.2, 0.25) is 0 Å². The molecule has 96 valence electrons. The Morgan fingerprint density at radius 1 is 1.18 bits per heavy atom. The minimum absolute atomic E-state index is 0.393. The number of nitrogens with one attached hydrogen (secondary N) is 1. The second kappa shape index (κ2) is 6.77. The highest BCUT2D eigenvalue weighted by Crippen LogP contribution is 2.17. The van der Waals surface area contributed by atoms with E-state index in [1.807, 2.05) is 0 Å². The normalized spacial score (nSPS) is 14.9. The van der Waals surface area contributed by atoms with Gasteiger partial charge in [-0.25, -0.2) is 0 Å². The van der Waals surface area contributed by atoms with Crippen molar-refractivity contribution >= 4 is 0 Å². The second-order valence-electron chi connectivity index (χ2n) is 5.23. The fraction of sp³-hybridized carbons (Fsp3) is 0.600. The highest BCUT2D eigenvalue weighted by atomic mass is 14.9. The lowest BCUT2D eigenvalue weighted by molar-refractivity contribution is 0.356. The Kier molecular flexibility index (Phi) is 5.66. The van der Waals surface area contributed by atoms with Crippen LogP contribution in [0.5, 0.6) is 0 Å². The van der Waals surface area contributed by atoms with Gasteiger partial charge in [0.1, 0.15) is 0 Å². The molecular weight excluding hydrogens is 208 g/mol. The largest absolute Gasteiger partial charge is 0.330 e. The maximum absolute atomic E-state index is 5.79. The summed E-state index contributed by atoms with van der Waals surface area (Å²) in [6.07, 6.45) is 0. The first-order valence-electron chi connectivity index (χ1n) is 6.55. The lowest BCUT2D eigenvalue weighted by Gasteiger charge is -2.23. The van der Waals surface area contributed by atoms with Crippen LogP contribution in [0.2, 0.25) is 0 Å². The van der Waals surface area contributed by atoms with E-state index in [4.69, 9.17) is 5.73 Å². The zero-order valence-electron chi connectivity index (χ0n) is 11.5. The molecule has 2 atom stereocenters. The summed E-state index contributed by atoms with van der Waals surface area (Å²) in [6.45, 7) is 10.6. The summed E-state index contributed by atoms with van der Waals surface area (Å²) in [4.78, 5) is 0. The zero-order chi connectivity index (χ0) is 12.8. The minimum Gasteiger partial charge on any atom is -0.330 e. The highest BCUT2D eigenvalue weighted by Gasteiger charge is 2.13. The van der Waals surface area contributed by atoms with Crippen molar-refractivity contribution in [2.75, 3.05) is 13.1 Å². The molecule has 0 radical (unpaired) electrons. The molecule has 1 aromatic rings. The second-order valence-corrected chi connectivity index (χ2v) is 5.23. The molecule has 0 saturated heterocycles. The number of hydrogen-bond acceptors (Lipinski definition) is 2. The molecule has 1 aromatic carbocycles. The lowest BCUT2D eigenvalue weighted by atomic mass is 9.95. The third kappa shape index (κ3) is 4.14. The summed E-state index contributed by atoms with van der Waals surface area (Å²) >= 11 is 0. The van der Waals surface area contributed by atoms with Gasteiger partial charge in [-0.05, 0) is 49.9 Å². The molecule has 0 fully saturated rings. The van der Waals surface area contributed by atoms with Gasteiger partial charge in [0.15, 0.2) is 0 Å². The van der Waals surface area contributed by atoms with E-state index >= 15 is 0 Å². The van der Waals surface area contributed by atoms with E-state index in [-0.39, 0.29) is 0 Å². The molecule has 1 rings (SSSR count). The summed E-state index contributed by atoms with van der Waals surface area (Å²) in [7, 11) is 0. The SMILES string of the molecule is Cc1ccccc1[C@H](C)NCC(CN)C(C)C. The van der Waals surface area contributed by atoms with Gasteiger partial charge in [-0.15, -0.1) is 0 Å². The molecule has 0 heterocycles. The van der Waals surface area contributed by atoms with Crippen molar-refractivity contribution in [2.45, 2.75) is 33.7 Å². The van der Waals surface area contributed by atoms with Crippen molar-refractivity contribution < 1.29 is 0 Å². The molecule has 0 aliphatic rings. The van der Waals surface area contributed by atoms with Crippen molar-refractivity contribution in [1.82, 2.24) is 5.32 Å². The van der Waals surface area contributed by atoms with Crippen molar-refractivity contribution in [3.05, 3.63) is 35.4 Å². The van der Waals surface area contributed by atoms with Crippen molar-refractivity contribution in [1.29, 1.82) is 0 Å². The Bertz CT molecular complexity index is 333. The maximum atomic E-state index is 5.79. The van der Waals surface area contributed by atoms with E-state index in [1.54, 1.807) is 0 Å². The van der Waals surface area contributed by atoms with Crippen LogP contribution < -0.4 is 11.1 Å². The quantitative estimate of drug-likeness (QED) is 0.794. The summed E-state index contributed by atoms with van der Waals surface area (Å²) in [5.74, 6) is 1.19. The summed E-state index contributed by atoms with van der Waals surface area (Å²) in [5.41, 5.74) is 8.52. The van der Waals surface area contributed by atoms with Gasteiger partial charge in [-0.3, -0.25) is 0 Å². The average molecular weight is 234 g/mol. The number of rotatable bonds is 6. The molecule has 0 saturated carbocycles. The van der Waals surface area contributed by atoms with Crippen LogP contribution in [0, 0.1) is 18.8 Å². The predicted molar refractivity (Wildman–Crippen MR) is 75.0 cm³/mol. The molecule has 0 aliphatic heterocycles. The van der Waals surface area contributed by atoms with Crippen molar-refractivity contribution in [3.63, 3.8) is 0 Å². The molecule has 2 nitrogen and oxygen atoms in total. The third-order valence-electron chi connectivity index (χ3n) is 3.59. The van der Waals surface area contributed by atoms with E-state index in [0.29, 0.717) is 17.9 Å². The number of hydrogen-bond donors (Lipinski definition) is 2. The molecule has 1 unspecified atom stereocenters. The van der Waals surface area contributed by atoms with Crippen LogP contribution >= 0.6 is 0 Å². The molecule has 3 N–H and O–H groups in total. The van der Waals surface area contributed by atoms with Crippen molar-refractivity contribution in [2.24, 2.45) is 17.6 Å². The summed E-state index contributed by atoms with van der Waals surface area (Å²) in [6, 6.07) is 8.94.